The minimum Gasteiger partial charge on any atom is -0.446 e. The Bertz CT molecular complexity index is 430. The van der Waals surface area contributed by atoms with E-state index in [1.807, 2.05) is 37.3 Å². The first-order valence-corrected chi connectivity index (χ1v) is 5.67. The molecule has 2 rings (SSSR count). The van der Waals surface area contributed by atoms with E-state index in [4.69, 9.17) is 9.47 Å². The van der Waals surface area contributed by atoms with Gasteiger partial charge in [-0.25, -0.2) is 4.79 Å². The van der Waals surface area contributed by atoms with Gasteiger partial charge in [0.05, 0.1) is 13.2 Å². The standard InChI is InChI=1S/C14H16O3/c1-3-11(2)13(15)17-14(9-16-10-14)12-7-5-4-6-8-12/h3-8H,9-10H2,1-2H3. The molecule has 0 radical (unpaired) electrons. The van der Waals surface area contributed by atoms with Crippen LogP contribution in [0.5, 0.6) is 0 Å². The summed E-state index contributed by atoms with van der Waals surface area (Å²) in [7, 11) is 0. The van der Waals surface area contributed by atoms with E-state index in [-0.39, 0.29) is 5.97 Å². The minimum atomic E-state index is -0.595. The molecule has 1 heterocycles. The molecule has 3 nitrogen and oxygen atoms in total. The van der Waals surface area contributed by atoms with Crippen LogP contribution < -0.4 is 0 Å². The first kappa shape index (κ1) is 11.9. The van der Waals surface area contributed by atoms with Gasteiger partial charge in [-0.15, -0.1) is 0 Å². The van der Waals surface area contributed by atoms with E-state index < -0.39 is 5.60 Å². The quantitative estimate of drug-likeness (QED) is 0.593. The third-order valence-electron chi connectivity index (χ3n) is 3.01. The molecule has 0 N–H and O–H groups in total. The highest BCUT2D eigenvalue weighted by Gasteiger charge is 2.44. The number of ether oxygens (including phenoxy) is 2. The summed E-state index contributed by atoms with van der Waals surface area (Å²) in [5, 5.41) is 0. The lowest BCUT2D eigenvalue weighted by atomic mass is 9.91. The van der Waals surface area contributed by atoms with Gasteiger partial charge >= 0.3 is 5.97 Å². The van der Waals surface area contributed by atoms with Gasteiger partial charge in [-0.1, -0.05) is 36.4 Å². The van der Waals surface area contributed by atoms with Crippen LogP contribution in [0.4, 0.5) is 0 Å². The van der Waals surface area contributed by atoms with Gasteiger partial charge in [-0.3, -0.25) is 0 Å². The van der Waals surface area contributed by atoms with Gasteiger partial charge in [0.25, 0.3) is 0 Å². The monoisotopic (exact) mass is 232 g/mol. The molecule has 3 heteroatoms. The van der Waals surface area contributed by atoms with Gasteiger partial charge in [0, 0.05) is 11.1 Å². The molecule has 0 aliphatic carbocycles. The van der Waals surface area contributed by atoms with Crippen LogP contribution >= 0.6 is 0 Å². The molecule has 0 amide bonds. The van der Waals surface area contributed by atoms with E-state index in [0.29, 0.717) is 18.8 Å². The summed E-state index contributed by atoms with van der Waals surface area (Å²) in [6.45, 7) is 4.43. The highest BCUT2D eigenvalue weighted by Crippen LogP contribution is 2.34. The SMILES string of the molecule is CC=C(C)C(=O)OC1(c2ccccc2)COC1. The van der Waals surface area contributed by atoms with Crippen molar-refractivity contribution < 1.29 is 14.3 Å². The Labute approximate surface area is 101 Å². The van der Waals surface area contributed by atoms with Crippen LogP contribution in [0.1, 0.15) is 19.4 Å². The highest BCUT2D eigenvalue weighted by molar-refractivity contribution is 5.88. The normalized spacial score (nSPS) is 18.4. The lowest BCUT2D eigenvalue weighted by molar-refractivity contribution is -0.215. The Kier molecular flexibility index (Phi) is 3.29. The van der Waals surface area contributed by atoms with Crippen LogP contribution in [0.15, 0.2) is 42.0 Å². The van der Waals surface area contributed by atoms with Gasteiger partial charge in [0.15, 0.2) is 5.60 Å². The fourth-order valence-corrected chi connectivity index (χ4v) is 1.69. The Morgan fingerprint density at radius 2 is 2.00 bits per heavy atom. The van der Waals surface area contributed by atoms with E-state index in [0.717, 1.165) is 5.56 Å². The summed E-state index contributed by atoms with van der Waals surface area (Å²) >= 11 is 0. The van der Waals surface area contributed by atoms with E-state index in [2.05, 4.69) is 0 Å². The van der Waals surface area contributed by atoms with Crippen molar-refractivity contribution in [2.24, 2.45) is 0 Å². The predicted molar refractivity (Wildman–Crippen MR) is 64.5 cm³/mol. The molecule has 0 bridgehead atoms. The molecule has 0 saturated carbocycles. The third-order valence-corrected chi connectivity index (χ3v) is 3.01. The van der Waals surface area contributed by atoms with Crippen molar-refractivity contribution in [3.63, 3.8) is 0 Å². The molecule has 1 aromatic carbocycles. The van der Waals surface area contributed by atoms with Gasteiger partial charge in [0.2, 0.25) is 0 Å². The predicted octanol–water partition coefficient (Wildman–Crippen LogP) is 2.42. The minimum absolute atomic E-state index is 0.278. The molecule has 1 aromatic rings. The molecular formula is C14H16O3. The van der Waals surface area contributed by atoms with Gasteiger partial charge in [-0.05, 0) is 13.8 Å². The molecule has 0 spiro atoms. The second kappa shape index (κ2) is 4.72. The molecule has 90 valence electrons. The number of benzene rings is 1. The topological polar surface area (TPSA) is 35.5 Å². The maximum absolute atomic E-state index is 11.8. The number of rotatable bonds is 3. The smallest absolute Gasteiger partial charge is 0.334 e. The van der Waals surface area contributed by atoms with Crippen molar-refractivity contribution >= 4 is 5.97 Å². The average molecular weight is 232 g/mol. The second-order valence-electron chi connectivity index (χ2n) is 4.21. The van der Waals surface area contributed by atoms with Crippen LogP contribution in [0, 0.1) is 0 Å². The zero-order valence-corrected chi connectivity index (χ0v) is 10.1. The second-order valence-corrected chi connectivity index (χ2v) is 4.21. The Morgan fingerprint density at radius 3 is 2.47 bits per heavy atom. The highest BCUT2D eigenvalue weighted by atomic mass is 16.6. The molecule has 1 aliphatic heterocycles. The molecule has 17 heavy (non-hydrogen) atoms. The number of hydrogen-bond acceptors (Lipinski definition) is 3. The van der Waals surface area contributed by atoms with Crippen LogP contribution in [0.25, 0.3) is 0 Å². The summed E-state index contributed by atoms with van der Waals surface area (Å²) in [4.78, 5) is 11.8. The van der Waals surface area contributed by atoms with Crippen molar-refractivity contribution in [3.8, 4) is 0 Å². The third kappa shape index (κ3) is 2.24. The van der Waals surface area contributed by atoms with E-state index in [1.165, 1.54) is 0 Å². The first-order valence-electron chi connectivity index (χ1n) is 5.67. The Balaban J connectivity index is 2.19. The fraction of sp³-hybridized carbons (Fsp3) is 0.357. The molecule has 1 fully saturated rings. The van der Waals surface area contributed by atoms with Gasteiger partial charge < -0.3 is 9.47 Å². The lowest BCUT2D eigenvalue weighted by Crippen LogP contribution is -2.50. The van der Waals surface area contributed by atoms with E-state index >= 15 is 0 Å². The lowest BCUT2D eigenvalue weighted by Gasteiger charge is -2.40. The molecule has 1 saturated heterocycles. The van der Waals surface area contributed by atoms with Gasteiger partial charge in [-0.2, -0.15) is 0 Å². The van der Waals surface area contributed by atoms with E-state index in [1.54, 1.807) is 13.0 Å². The molecule has 1 aliphatic rings. The number of allylic oxidation sites excluding steroid dienone is 1. The van der Waals surface area contributed by atoms with Crippen LogP contribution in [0.2, 0.25) is 0 Å². The summed E-state index contributed by atoms with van der Waals surface area (Å²) < 4.78 is 10.8. The maximum atomic E-state index is 11.8. The molecular weight excluding hydrogens is 216 g/mol. The Hall–Kier alpha value is -1.61. The fourth-order valence-electron chi connectivity index (χ4n) is 1.69. The number of hydrogen-bond donors (Lipinski definition) is 0. The molecule has 0 unspecified atom stereocenters. The largest absolute Gasteiger partial charge is 0.446 e. The molecule has 0 aromatic heterocycles. The maximum Gasteiger partial charge on any atom is 0.334 e. The van der Waals surface area contributed by atoms with Crippen LogP contribution in [0.3, 0.4) is 0 Å². The van der Waals surface area contributed by atoms with Crippen molar-refractivity contribution in [1.82, 2.24) is 0 Å². The number of esters is 1. The zero-order valence-electron chi connectivity index (χ0n) is 10.1. The van der Waals surface area contributed by atoms with Crippen molar-refractivity contribution in [2.45, 2.75) is 19.4 Å². The summed E-state index contributed by atoms with van der Waals surface area (Å²) in [5.74, 6) is -0.278. The van der Waals surface area contributed by atoms with Crippen molar-refractivity contribution in [2.75, 3.05) is 13.2 Å². The van der Waals surface area contributed by atoms with Gasteiger partial charge in [0.1, 0.15) is 0 Å². The first-order chi connectivity index (χ1) is 8.18. The van der Waals surface area contributed by atoms with Crippen LogP contribution in [-0.4, -0.2) is 19.2 Å². The summed E-state index contributed by atoms with van der Waals surface area (Å²) in [6, 6.07) is 9.73. The summed E-state index contributed by atoms with van der Waals surface area (Å²) in [5.41, 5.74) is 1.01. The summed E-state index contributed by atoms with van der Waals surface area (Å²) in [6.07, 6.45) is 1.75. The van der Waals surface area contributed by atoms with E-state index in [9.17, 15) is 4.79 Å². The number of carbonyl (C=O) groups is 1. The average Bonchev–Trinajstić information content (AvgIpc) is 2.33. The van der Waals surface area contributed by atoms with Crippen LogP contribution in [-0.2, 0) is 19.9 Å². The Morgan fingerprint density at radius 1 is 1.35 bits per heavy atom. The van der Waals surface area contributed by atoms with Crippen molar-refractivity contribution in [1.29, 1.82) is 0 Å². The van der Waals surface area contributed by atoms with Crippen molar-refractivity contribution in [3.05, 3.63) is 47.5 Å². The zero-order chi connectivity index (χ0) is 12.3. The number of carbonyl (C=O) groups excluding carboxylic acids is 1. The molecule has 0 atom stereocenters.